The fraction of sp³-hybridized carbons (Fsp3) is 0.900. The third-order valence-corrected chi connectivity index (χ3v) is 2.56. The largest absolute Gasteiger partial charge is 0.481 e. The monoisotopic (exact) mass is 186 g/mol. The van der Waals surface area contributed by atoms with E-state index in [2.05, 4.69) is 0 Å². The highest BCUT2D eigenvalue weighted by Crippen LogP contribution is 2.24. The number of aliphatic carboxylic acids is 1. The molecule has 1 rings (SSSR count). The summed E-state index contributed by atoms with van der Waals surface area (Å²) in [5.41, 5.74) is -0.747. The van der Waals surface area contributed by atoms with Gasteiger partial charge < -0.3 is 9.84 Å². The Hall–Kier alpha value is -0.570. The van der Waals surface area contributed by atoms with Crippen LogP contribution in [0.4, 0.5) is 0 Å². The molecule has 1 fully saturated rings. The van der Waals surface area contributed by atoms with Crippen molar-refractivity contribution in [1.82, 2.24) is 0 Å². The molecule has 3 nitrogen and oxygen atoms in total. The van der Waals surface area contributed by atoms with Crippen LogP contribution in [-0.2, 0) is 9.53 Å². The first-order chi connectivity index (χ1) is 6.02. The predicted octanol–water partition coefficient (Wildman–Crippen LogP) is 2.06. The summed E-state index contributed by atoms with van der Waals surface area (Å²) in [6, 6.07) is 0. The normalized spacial score (nSPS) is 19.2. The van der Waals surface area contributed by atoms with Crippen molar-refractivity contribution in [3.63, 3.8) is 0 Å². The lowest BCUT2D eigenvalue weighted by molar-refractivity contribution is -0.151. The van der Waals surface area contributed by atoms with Gasteiger partial charge >= 0.3 is 5.97 Å². The van der Waals surface area contributed by atoms with Crippen molar-refractivity contribution in [1.29, 1.82) is 0 Å². The lowest BCUT2D eigenvalue weighted by Gasteiger charge is -2.21. The van der Waals surface area contributed by atoms with Crippen molar-refractivity contribution in [3.05, 3.63) is 0 Å². The zero-order valence-electron chi connectivity index (χ0n) is 8.38. The van der Waals surface area contributed by atoms with Gasteiger partial charge in [-0.1, -0.05) is 12.8 Å². The van der Waals surface area contributed by atoms with Gasteiger partial charge in [0.05, 0.1) is 18.1 Å². The molecule has 0 heterocycles. The Balaban J connectivity index is 2.28. The fourth-order valence-electron chi connectivity index (χ4n) is 1.44. The van der Waals surface area contributed by atoms with Crippen molar-refractivity contribution < 1.29 is 14.6 Å². The summed E-state index contributed by atoms with van der Waals surface area (Å²) in [5, 5.41) is 8.84. The molecule has 0 spiro atoms. The molecule has 1 aliphatic rings. The Morgan fingerprint density at radius 2 is 2.00 bits per heavy atom. The summed E-state index contributed by atoms with van der Waals surface area (Å²) < 4.78 is 5.55. The molecule has 1 aliphatic carbocycles. The van der Waals surface area contributed by atoms with Crippen molar-refractivity contribution in [2.24, 2.45) is 5.41 Å². The molecule has 0 atom stereocenters. The van der Waals surface area contributed by atoms with E-state index in [1.54, 1.807) is 13.8 Å². The van der Waals surface area contributed by atoms with Gasteiger partial charge in [0.25, 0.3) is 0 Å². The Morgan fingerprint density at radius 1 is 1.46 bits per heavy atom. The van der Waals surface area contributed by atoms with E-state index in [1.165, 1.54) is 12.8 Å². The van der Waals surface area contributed by atoms with Crippen molar-refractivity contribution in [3.8, 4) is 0 Å². The molecule has 13 heavy (non-hydrogen) atoms. The maximum Gasteiger partial charge on any atom is 0.311 e. The first-order valence-corrected chi connectivity index (χ1v) is 4.87. The van der Waals surface area contributed by atoms with Crippen molar-refractivity contribution in [2.45, 2.75) is 45.6 Å². The van der Waals surface area contributed by atoms with Gasteiger partial charge in [-0.2, -0.15) is 0 Å². The van der Waals surface area contributed by atoms with Crippen LogP contribution >= 0.6 is 0 Å². The SMILES string of the molecule is CC(C)(COC1CCCC1)C(=O)O. The second kappa shape index (κ2) is 4.09. The van der Waals surface area contributed by atoms with Gasteiger partial charge in [-0.3, -0.25) is 4.79 Å². The quantitative estimate of drug-likeness (QED) is 0.731. The van der Waals surface area contributed by atoms with Crippen LogP contribution in [0.1, 0.15) is 39.5 Å². The van der Waals surface area contributed by atoms with Gasteiger partial charge in [0.15, 0.2) is 0 Å². The summed E-state index contributed by atoms with van der Waals surface area (Å²) in [6.45, 7) is 3.72. The first kappa shape index (κ1) is 10.5. The van der Waals surface area contributed by atoms with Crippen LogP contribution in [0.5, 0.6) is 0 Å². The highest BCUT2D eigenvalue weighted by atomic mass is 16.5. The van der Waals surface area contributed by atoms with Crippen LogP contribution < -0.4 is 0 Å². The molecule has 0 aromatic carbocycles. The molecule has 0 amide bonds. The molecule has 0 aromatic heterocycles. The molecule has 3 heteroatoms. The second-order valence-electron chi connectivity index (χ2n) is 4.41. The molecule has 76 valence electrons. The standard InChI is InChI=1S/C10H18O3/c1-10(2,9(11)12)7-13-8-5-3-4-6-8/h8H,3-7H2,1-2H3,(H,11,12). The van der Waals surface area contributed by atoms with Crippen molar-refractivity contribution >= 4 is 5.97 Å². The minimum Gasteiger partial charge on any atom is -0.481 e. The van der Waals surface area contributed by atoms with E-state index in [4.69, 9.17) is 9.84 Å². The maximum absolute atomic E-state index is 10.7. The lowest BCUT2D eigenvalue weighted by Crippen LogP contribution is -2.31. The number of hydrogen-bond donors (Lipinski definition) is 1. The third-order valence-electron chi connectivity index (χ3n) is 2.56. The van der Waals surface area contributed by atoms with Crippen LogP contribution in [0.15, 0.2) is 0 Å². The van der Waals surface area contributed by atoms with Crippen LogP contribution in [0, 0.1) is 5.41 Å². The first-order valence-electron chi connectivity index (χ1n) is 4.87. The molecule has 0 radical (unpaired) electrons. The summed E-state index contributed by atoms with van der Waals surface area (Å²) in [5.74, 6) is -0.787. The Bertz CT molecular complexity index is 181. The predicted molar refractivity (Wildman–Crippen MR) is 49.6 cm³/mol. The average molecular weight is 186 g/mol. The summed E-state index contributed by atoms with van der Waals surface area (Å²) in [4.78, 5) is 10.7. The molecule has 1 saturated carbocycles. The maximum atomic E-state index is 10.7. The van der Waals surface area contributed by atoms with Crippen molar-refractivity contribution in [2.75, 3.05) is 6.61 Å². The Morgan fingerprint density at radius 3 is 2.46 bits per heavy atom. The molecule has 0 aromatic rings. The highest BCUT2D eigenvalue weighted by molar-refractivity contribution is 5.73. The van der Waals surface area contributed by atoms with E-state index < -0.39 is 11.4 Å². The molecule has 1 N–H and O–H groups in total. The highest BCUT2D eigenvalue weighted by Gasteiger charge is 2.29. The summed E-state index contributed by atoms with van der Waals surface area (Å²) >= 11 is 0. The fourth-order valence-corrected chi connectivity index (χ4v) is 1.44. The zero-order valence-corrected chi connectivity index (χ0v) is 8.38. The van der Waals surface area contributed by atoms with Crippen LogP contribution in [0.3, 0.4) is 0 Å². The van der Waals surface area contributed by atoms with E-state index in [-0.39, 0.29) is 0 Å². The third kappa shape index (κ3) is 2.99. The topological polar surface area (TPSA) is 46.5 Å². The number of carboxylic acids is 1. The number of ether oxygens (including phenoxy) is 1. The van der Waals surface area contributed by atoms with Gasteiger partial charge in [0, 0.05) is 0 Å². The summed E-state index contributed by atoms with van der Waals surface area (Å²) in [6.07, 6.45) is 4.93. The van der Waals surface area contributed by atoms with Gasteiger partial charge in [0.1, 0.15) is 0 Å². The van der Waals surface area contributed by atoms with E-state index in [0.29, 0.717) is 12.7 Å². The molecular formula is C10H18O3. The minimum absolute atomic E-state index is 0.304. The van der Waals surface area contributed by atoms with Gasteiger partial charge in [-0.25, -0.2) is 0 Å². The lowest BCUT2D eigenvalue weighted by atomic mass is 9.95. The summed E-state index contributed by atoms with van der Waals surface area (Å²) in [7, 11) is 0. The molecule has 0 aliphatic heterocycles. The van der Waals surface area contributed by atoms with Crippen LogP contribution in [-0.4, -0.2) is 23.8 Å². The number of hydrogen-bond acceptors (Lipinski definition) is 2. The second-order valence-corrected chi connectivity index (χ2v) is 4.41. The van der Waals surface area contributed by atoms with Crippen LogP contribution in [0.25, 0.3) is 0 Å². The van der Waals surface area contributed by atoms with E-state index >= 15 is 0 Å². The number of carboxylic acid groups (broad SMARTS) is 1. The van der Waals surface area contributed by atoms with Gasteiger partial charge in [-0.15, -0.1) is 0 Å². The Labute approximate surface area is 79.1 Å². The Kier molecular flexibility index (Phi) is 3.31. The van der Waals surface area contributed by atoms with E-state index in [9.17, 15) is 4.79 Å². The van der Waals surface area contributed by atoms with Crippen LogP contribution in [0.2, 0.25) is 0 Å². The van der Waals surface area contributed by atoms with E-state index in [0.717, 1.165) is 12.8 Å². The number of carbonyl (C=O) groups is 1. The average Bonchev–Trinajstić information content (AvgIpc) is 2.52. The molecule has 0 saturated heterocycles. The molecule has 0 unspecified atom stereocenters. The minimum atomic E-state index is -0.787. The van der Waals surface area contributed by atoms with Gasteiger partial charge in [-0.05, 0) is 26.7 Å². The number of rotatable bonds is 4. The molecule has 0 bridgehead atoms. The zero-order chi connectivity index (χ0) is 9.90. The smallest absolute Gasteiger partial charge is 0.311 e. The van der Waals surface area contributed by atoms with E-state index in [1.807, 2.05) is 0 Å². The molecular weight excluding hydrogens is 168 g/mol. The van der Waals surface area contributed by atoms with Gasteiger partial charge in [0.2, 0.25) is 0 Å².